The summed E-state index contributed by atoms with van der Waals surface area (Å²) in [5.41, 5.74) is 1.77. The van der Waals surface area contributed by atoms with Gasteiger partial charge >= 0.3 is 0 Å². The molecule has 5 heteroatoms. The van der Waals surface area contributed by atoms with Gasteiger partial charge in [0, 0.05) is 24.5 Å². The molecule has 3 rings (SSSR count). The van der Waals surface area contributed by atoms with Crippen molar-refractivity contribution in [3.8, 4) is 0 Å². The Hall–Kier alpha value is -2.82. The molecular formula is C20H24N4O. The summed E-state index contributed by atoms with van der Waals surface area (Å²) in [5, 5.41) is 6.24. The van der Waals surface area contributed by atoms with Crippen LogP contribution in [0.2, 0.25) is 0 Å². The molecule has 0 aromatic heterocycles. The van der Waals surface area contributed by atoms with Crippen LogP contribution in [0.4, 0.5) is 11.4 Å². The largest absolute Gasteiger partial charge is 0.343 e. The average molecular weight is 336 g/mol. The molecule has 2 N–H and O–H groups in total. The number of hydrogen-bond donors (Lipinski definition) is 2. The van der Waals surface area contributed by atoms with E-state index in [4.69, 9.17) is 0 Å². The summed E-state index contributed by atoms with van der Waals surface area (Å²) < 4.78 is 0. The highest BCUT2D eigenvalue weighted by Gasteiger charge is 2.15. The van der Waals surface area contributed by atoms with Gasteiger partial charge in [-0.25, -0.2) is 4.99 Å². The predicted molar refractivity (Wildman–Crippen MR) is 103 cm³/mol. The quantitative estimate of drug-likeness (QED) is 0.663. The lowest BCUT2D eigenvalue weighted by Gasteiger charge is -2.30. The van der Waals surface area contributed by atoms with E-state index in [2.05, 4.69) is 20.5 Å². The summed E-state index contributed by atoms with van der Waals surface area (Å²) in [6, 6.07) is 19.4. The van der Waals surface area contributed by atoms with Crippen LogP contribution < -0.4 is 10.6 Å². The van der Waals surface area contributed by atoms with Gasteiger partial charge in [-0.3, -0.25) is 4.79 Å². The molecule has 0 aliphatic carbocycles. The number of amides is 1. The number of benzene rings is 2. The summed E-state index contributed by atoms with van der Waals surface area (Å²) in [4.78, 5) is 19.0. The van der Waals surface area contributed by atoms with Crippen LogP contribution in [-0.4, -0.2) is 36.4 Å². The fourth-order valence-corrected chi connectivity index (χ4v) is 2.84. The summed E-state index contributed by atoms with van der Waals surface area (Å²) in [5.74, 6) is 0.657. The van der Waals surface area contributed by atoms with Gasteiger partial charge in [0.15, 0.2) is 5.96 Å². The van der Waals surface area contributed by atoms with Crippen LogP contribution in [0.1, 0.15) is 19.3 Å². The minimum absolute atomic E-state index is 0.0978. The Bertz CT molecular complexity index is 694. The van der Waals surface area contributed by atoms with Crippen LogP contribution in [0.15, 0.2) is 65.7 Å². The maximum absolute atomic E-state index is 12.2. The first-order valence-corrected chi connectivity index (χ1v) is 8.77. The summed E-state index contributed by atoms with van der Waals surface area (Å²) >= 11 is 0. The SMILES string of the molecule is O=C(CN=C(Nc1ccccc1)N1CCCCC1)Nc1ccccc1. The molecule has 1 aliphatic rings. The Labute approximate surface area is 148 Å². The van der Waals surface area contributed by atoms with Crippen molar-refractivity contribution >= 4 is 23.2 Å². The van der Waals surface area contributed by atoms with Crippen LogP contribution in [0.5, 0.6) is 0 Å². The first-order chi connectivity index (χ1) is 12.3. The van der Waals surface area contributed by atoms with Gasteiger partial charge in [-0.1, -0.05) is 36.4 Å². The van der Waals surface area contributed by atoms with Crippen LogP contribution in [0.25, 0.3) is 0 Å². The fraction of sp³-hybridized carbons (Fsp3) is 0.300. The molecular weight excluding hydrogens is 312 g/mol. The van der Waals surface area contributed by atoms with Crippen molar-refractivity contribution in [1.82, 2.24) is 4.90 Å². The minimum Gasteiger partial charge on any atom is -0.343 e. The molecule has 1 heterocycles. The van der Waals surface area contributed by atoms with Crippen LogP contribution >= 0.6 is 0 Å². The normalized spacial score (nSPS) is 14.9. The Morgan fingerprint density at radius 2 is 1.40 bits per heavy atom. The first kappa shape index (κ1) is 17.0. The van der Waals surface area contributed by atoms with Crippen molar-refractivity contribution < 1.29 is 4.79 Å². The van der Waals surface area contributed by atoms with Gasteiger partial charge in [0.2, 0.25) is 5.91 Å². The molecule has 0 atom stereocenters. The van der Waals surface area contributed by atoms with E-state index in [0.29, 0.717) is 0 Å². The third-order valence-corrected chi connectivity index (χ3v) is 4.12. The highest BCUT2D eigenvalue weighted by atomic mass is 16.1. The van der Waals surface area contributed by atoms with Gasteiger partial charge in [-0.15, -0.1) is 0 Å². The second-order valence-corrected chi connectivity index (χ2v) is 6.09. The molecule has 1 fully saturated rings. The highest BCUT2D eigenvalue weighted by molar-refractivity contribution is 5.97. The molecule has 1 amide bonds. The predicted octanol–water partition coefficient (Wildman–Crippen LogP) is 3.58. The number of rotatable bonds is 4. The average Bonchev–Trinajstić information content (AvgIpc) is 2.67. The molecule has 1 aliphatic heterocycles. The monoisotopic (exact) mass is 336 g/mol. The van der Waals surface area contributed by atoms with Crippen molar-refractivity contribution in [3.05, 3.63) is 60.7 Å². The van der Waals surface area contributed by atoms with Crippen LogP contribution in [-0.2, 0) is 4.79 Å². The van der Waals surface area contributed by atoms with Crippen LogP contribution in [0.3, 0.4) is 0 Å². The second-order valence-electron chi connectivity index (χ2n) is 6.09. The van der Waals surface area contributed by atoms with Gasteiger partial charge in [-0.05, 0) is 43.5 Å². The number of carbonyl (C=O) groups excluding carboxylic acids is 1. The molecule has 0 bridgehead atoms. The number of hydrogen-bond acceptors (Lipinski definition) is 2. The van der Waals surface area contributed by atoms with Crippen molar-refractivity contribution in [2.45, 2.75) is 19.3 Å². The Morgan fingerprint density at radius 3 is 2.00 bits per heavy atom. The second kappa shape index (κ2) is 8.87. The topological polar surface area (TPSA) is 56.7 Å². The van der Waals surface area contributed by atoms with Crippen molar-refractivity contribution in [2.24, 2.45) is 4.99 Å². The molecule has 1 saturated heterocycles. The van der Waals surface area contributed by atoms with E-state index < -0.39 is 0 Å². The van der Waals surface area contributed by atoms with Gasteiger partial charge in [0.05, 0.1) is 0 Å². The molecule has 0 spiro atoms. The van der Waals surface area contributed by atoms with Gasteiger partial charge in [-0.2, -0.15) is 0 Å². The van der Waals surface area contributed by atoms with E-state index >= 15 is 0 Å². The Morgan fingerprint density at radius 1 is 0.840 bits per heavy atom. The number of nitrogens with one attached hydrogen (secondary N) is 2. The standard InChI is InChI=1S/C20H24N4O/c25-19(22-17-10-4-1-5-11-17)16-21-20(24-14-8-3-9-15-24)23-18-12-6-2-7-13-18/h1-2,4-7,10-13H,3,8-9,14-16H2,(H,21,23)(H,22,25). The van der Waals surface area contributed by atoms with Crippen molar-refractivity contribution in [1.29, 1.82) is 0 Å². The summed E-state index contributed by atoms with van der Waals surface area (Å²) in [6.07, 6.45) is 3.57. The van der Waals surface area contributed by atoms with E-state index in [0.717, 1.165) is 43.3 Å². The number of piperidine rings is 1. The molecule has 25 heavy (non-hydrogen) atoms. The van der Waals surface area contributed by atoms with E-state index in [9.17, 15) is 4.79 Å². The highest BCUT2D eigenvalue weighted by Crippen LogP contribution is 2.13. The lowest BCUT2D eigenvalue weighted by molar-refractivity contribution is -0.114. The minimum atomic E-state index is -0.115. The number of aliphatic imine (C=N–C) groups is 1. The zero-order valence-electron chi connectivity index (χ0n) is 14.3. The Kier molecular flexibility index (Phi) is 6.04. The molecule has 2 aromatic rings. The number of para-hydroxylation sites is 2. The van der Waals surface area contributed by atoms with E-state index in [1.54, 1.807) is 0 Å². The first-order valence-electron chi connectivity index (χ1n) is 8.77. The summed E-state index contributed by atoms with van der Waals surface area (Å²) in [7, 11) is 0. The Balaban J connectivity index is 1.66. The maximum Gasteiger partial charge on any atom is 0.246 e. The number of carbonyl (C=O) groups is 1. The van der Waals surface area contributed by atoms with E-state index in [1.807, 2.05) is 60.7 Å². The van der Waals surface area contributed by atoms with Crippen molar-refractivity contribution in [2.75, 3.05) is 30.3 Å². The molecule has 0 saturated carbocycles. The van der Waals surface area contributed by atoms with Gasteiger partial charge in [0.25, 0.3) is 0 Å². The third kappa shape index (κ3) is 5.35. The molecule has 5 nitrogen and oxygen atoms in total. The molecule has 0 unspecified atom stereocenters. The maximum atomic E-state index is 12.2. The van der Waals surface area contributed by atoms with Gasteiger partial charge < -0.3 is 15.5 Å². The molecule has 2 aromatic carbocycles. The lowest BCUT2D eigenvalue weighted by atomic mass is 10.1. The van der Waals surface area contributed by atoms with E-state index in [-0.39, 0.29) is 12.5 Å². The fourth-order valence-electron chi connectivity index (χ4n) is 2.84. The zero-order chi connectivity index (χ0) is 17.3. The van der Waals surface area contributed by atoms with Crippen LogP contribution in [0, 0.1) is 0 Å². The smallest absolute Gasteiger partial charge is 0.246 e. The summed E-state index contributed by atoms with van der Waals surface area (Å²) in [6.45, 7) is 2.04. The van der Waals surface area contributed by atoms with Crippen molar-refractivity contribution in [3.63, 3.8) is 0 Å². The lowest BCUT2D eigenvalue weighted by Crippen LogP contribution is -2.40. The number of likely N-dealkylation sites (tertiary alicyclic amines) is 1. The zero-order valence-corrected chi connectivity index (χ0v) is 14.3. The number of nitrogens with zero attached hydrogens (tertiary/aromatic N) is 2. The third-order valence-electron chi connectivity index (χ3n) is 4.12. The molecule has 130 valence electrons. The molecule has 0 radical (unpaired) electrons. The van der Waals surface area contributed by atoms with Gasteiger partial charge in [0.1, 0.15) is 6.54 Å². The number of anilines is 2. The van der Waals surface area contributed by atoms with E-state index in [1.165, 1.54) is 6.42 Å². The number of guanidine groups is 1.